The predicted octanol–water partition coefficient (Wildman–Crippen LogP) is 2.11. The van der Waals surface area contributed by atoms with Crippen LogP contribution in [0.15, 0.2) is 30.5 Å². The predicted molar refractivity (Wildman–Crippen MR) is 69.9 cm³/mol. The lowest BCUT2D eigenvalue weighted by Crippen LogP contribution is -2.36. The summed E-state index contributed by atoms with van der Waals surface area (Å²) in [7, 11) is 0. The van der Waals surface area contributed by atoms with Crippen molar-refractivity contribution in [3.8, 4) is 5.75 Å². The second kappa shape index (κ2) is 4.29. The van der Waals surface area contributed by atoms with E-state index < -0.39 is 0 Å². The van der Waals surface area contributed by atoms with Gasteiger partial charge in [-0.05, 0) is 30.0 Å². The van der Waals surface area contributed by atoms with Gasteiger partial charge in [-0.3, -0.25) is 4.79 Å². The molecule has 1 aromatic carbocycles. The van der Waals surface area contributed by atoms with Crippen LogP contribution < -0.4 is 4.90 Å². The number of aromatic nitrogens is 1. The molecular formula is C14H14N2O2. The topological polar surface area (TPSA) is 53.4 Å². The minimum atomic E-state index is 0.222. The number of fused-ring (bicyclic) bond motifs is 1. The molecule has 1 fully saturated rings. The smallest absolute Gasteiger partial charge is 0.152 e. The van der Waals surface area contributed by atoms with Crippen LogP contribution in [0.4, 0.5) is 5.82 Å². The van der Waals surface area contributed by atoms with E-state index in [2.05, 4.69) is 4.98 Å². The molecular weight excluding hydrogens is 228 g/mol. The van der Waals surface area contributed by atoms with Gasteiger partial charge in [-0.1, -0.05) is 6.07 Å². The zero-order chi connectivity index (χ0) is 12.5. The summed E-state index contributed by atoms with van der Waals surface area (Å²) in [6.07, 6.45) is 3.27. The Morgan fingerprint density at radius 3 is 3.00 bits per heavy atom. The highest BCUT2D eigenvalue weighted by atomic mass is 16.3. The molecule has 0 unspecified atom stereocenters. The third-order valence-corrected chi connectivity index (χ3v) is 3.28. The molecule has 18 heavy (non-hydrogen) atoms. The minimum Gasteiger partial charge on any atom is -0.508 e. The van der Waals surface area contributed by atoms with Gasteiger partial charge in [0.25, 0.3) is 0 Å². The first-order valence-corrected chi connectivity index (χ1v) is 6.08. The molecule has 4 heteroatoms. The van der Waals surface area contributed by atoms with E-state index in [9.17, 15) is 9.90 Å². The molecule has 0 amide bonds. The van der Waals surface area contributed by atoms with Gasteiger partial charge in [0, 0.05) is 24.5 Å². The van der Waals surface area contributed by atoms with Crippen LogP contribution in [0.3, 0.4) is 0 Å². The van der Waals surface area contributed by atoms with E-state index in [0.29, 0.717) is 13.0 Å². The number of phenols is 1. The van der Waals surface area contributed by atoms with Gasteiger partial charge in [-0.2, -0.15) is 0 Å². The highest BCUT2D eigenvalue weighted by molar-refractivity contribution is 5.95. The average Bonchev–Trinajstić information content (AvgIpc) is 2.38. The van der Waals surface area contributed by atoms with Crippen molar-refractivity contribution >= 4 is 22.4 Å². The van der Waals surface area contributed by atoms with Crippen molar-refractivity contribution in [2.24, 2.45) is 0 Å². The average molecular weight is 242 g/mol. The van der Waals surface area contributed by atoms with E-state index in [4.69, 9.17) is 0 Å². The first kappa shape index (κ1) is 11.0. The first-order valence-electron chi connectivity index (χ1n) is 6.08. The van der Waals surface area contributed by atoms with Gasteiger partial charge in [0.15, 0.2) is 5.78 Å². The molecule has 2 aromatic rings. The number of carbonyl (C=O) groups excluding carboxylic acids is 1. The summed E-state index contributed by atoms with van der Waals surface area (Å²) in [5, 5.41) is 11.5. The van der Waals surface area contributed by atoms with Crippen molar-refractivity contribution in [1.29, 1.82) is 0 Å². The Bertz CT molecular complexity index is 610. The van der Waals surface area contributed by atoms with Gasteiger partial charge in [0.2, 0.25) is 0 Å². The molecule has 0 bridgehead atoms. The van der Waals surface area contributed by atoms with Crippen LogP contribution in [0.1, 0.15) is 12.8 Å². The summed E-state index contributed by atoms with van der Waals surface area (Å²) >= 11 is 0. The van der Waals surface area contributed by atoms with Crippen LogP contribution >= 0.6 is 0 Å². The quantitative estimate of drug-likeness (QED) is 0.832. The second-order valence-electron chi connectivity index (χ2n) is 4.60. The van der Waals surface area contributed by atoms with Crippen molar-refractivity contribution in [3.63, 3.8) is 0 Å². The number of hydrogen-bond donors (Lipinski definition) is 1. The molecule has 0 saturated carbocycles. The van der Waals surface area contributed by atoms with Gasteiger partial charge < -0.3 is 10.0 Å². The molecule has 1 aliphatic heterocycles. The number of piperidine rings is 1. The summed E-state index contributed by atoms with van der Waals surface area (Å²) in [6, 6.07) is 7.13. The molecule has 1 aliphatic rings. The number of aromatic hydroxyl groups is 1. The number of anilines is 1. The fourth-order valence-corrected chi connectivity index (χ4v) is 2.41. The zero-order valence-corrected chi connectivity index (χ0v) is 9.97. The fraction of sp³-hybridized carbons (Fsp3) is 0.286. The van der Waals surface area contributed by atoms with E-state index in [0.717, 1.165) is 29.6 Å². The van der Waals surface area contributed by atoms with Crippen molar-refractivity contribution in [1.82, 2.24) is 4.98 Å². The Labute approximate surface area is 105 Å². The van der Waals surface area contributed by atoms with Crippen LogP contribution in [0.2, 0.25) is 0 Å². The summed E-state index contributed by atoms with van der Waals surface area (Å²) in [4.78, 5) is 17.9. The molecule has 1 saturated heterocycles. The van der Waals surface area contributed by atoms with E-state index >= 15 is 0 Å². The normalized spacial score (nSPS) is 16.2. The Balaban J connectivity index is 2.10. The third-order valence-electron chi connectivity index (χ3n) is 3.28. The maximum absolute atomic E-state index is 11.5. The third kappa shape index (κ3) is 1.90. The summed E-state index contributed by atoms with van der Waals surface area (Å²) in [5.41, 5.74) is 0. The largest absolute Gasteiger partial charge is 0.508 e. The van der Waals surface area contributed by atoms with Gasteiger partial charge in [0.1, 0.15) is 11.6 Å². The van der Waals surface area contributed by atoms with E-state index in [1.54, 1.807) is 18.3 Å². The molecule has 1 aromatic heterocycles. The lowest BCUT2D eigenvalue weighted by atomic mass is 10.1. The second-order valence-corrected chi connectivity index (χ2v) is 4.60. The molecule has 4 nitrogen and oxygen atoms in total. The van der Waals surface area contributed by atoms with E-state index in [1.807, 2.05) is 17.0 Å². The van der Waals surface area contributed by atoms with Crippen molar-refractivity contribution in [2.45, 2.75) is 12.8 Å². The maximum atomic E-state index is 11.5. The summed E-state index contributed by atoms with van der Waals surface area (Å²) < 4.78 is 0. The number of hydrogen-bond acceptors (Lipinski definition) is 4. The van der Waals surface area contributed by atoms with Crippen molar-refractivity contribution in [3.05, 3.63) is 30.5 Å². The van der Waals surface area contributed by atoms with E-state index in [1.165, 1.54) is 0 Å². The number of nitrogens with zero attached hydrogens (tertiary/aromatic N) is 2. The molecule has 2 heterocycles. The number of benzene rings is 1. The van der Waals surface area contributed by atoms with Crippen LogP contribution in [0.25, 0.3) is 10.8 Å². The summed E-state index contributed by atoms with van der Waals surface area (Å²) in [5.74, 6) is 1.26. The van der Waals surface area contributed by atoms with Gasteiger partial charge in [0.05, 0.1) is 6.54 Å². The highest BCUT2D eigenvalue weighted by Crippen LogP contribution is 2.28. The Kier molecular flexibility index (Phi) is 2.63. The van der Waals surface area contributed by atoms with Crippen LogP contribution in [-0.2, 0) is 4.79 Å². The van der Waals surface area contributed by atoms with Gasteiger partial charge in [-0.15, -0.1) is 0 Å². The molecule has 3 rings (SSSR count). The maximum Gasteiger partial charge on any atom is 0.152 e. The van der Waals surface area contributed by atoms with Crippen LogP contribution in [0.5, 0.6) is 5.75 Å². The van der Waals surface area contributed by atoms with E-state index in [-0.39, 0.29) is 11.5 Å². The van der Waals surface area contributed by atoms with Gasteiger partial charge in [-0.25, -0.2) is 4.98 Å². The number of pyridine rings is 1. The number of phenolic OH excluding ortho intramolecular Hbond substituents is 1. The molecule has 92 valence electrons. The number of carbonyl (C=O) groups is 1. The lowest BCUT2D eigenvalue weighted by Gasteiger charge is -2.27. The molecule has 0 spiro atoms. The Hall–Kier alpha value is -2.10. The molecule has 0 atom stereocenters. The van der Waals surface area contributed by atoms with Crippen LogP contribution in [-0.4, -0.2) is 29.0 Å². The Morgan fingerprint density at radius 1 is 1.28 bits per heavy atom. The monoisotopic (exact) mass is 242 g/mol. The standard InChI is InChI=1S/C14H14N2O2/c17-11-4-3-10-5-6-15-14(13(10)8-11)16-7-1-2-12(18)9-16/h3-6,8,17H,1-2,7,9H2. The SMILES string of the molecule is O=C1CCCN(c2nccc3ccc(O)cc23)C1. The highest BCUT2D eigenvalue weighted by Gasteiger charge is 2.19. The number of Topliss-reactive ketones (excluding diaryl/α,β-unsaturated/α-hetero) is 1. The molecule has 0 aliphatic carbocycles. The van der Waals surface area contributed by atoms with Crippen molar-refractivity contribution < 1.29 is 9.90 Å². The molecule has 1 N–H and O–H groups in total. The zero-order valence-electron chi connectivity index (χ0n) is 9.97. The van der Waals surface area contributed by atoms with Crippen molar-refractivity contribution in [2.75, 3.05) is 18.0 Å². The first-order chi connectivity index (χ1) is 8.74. The summed E-state index contributed by atoms with van der Waals surface area (Å²) in [6.45, 7) is 1.26. The minimum absolute atomic E-state index is 0.222. The fourth-order valence-electron chi connectivity index (χ4n) is 2.41. The lowest BCUT2D eigenvalue weighted by molar-refractivity contribution is -0.118. The van der Waals surface area contributed by atoms with Gasteiger partial charge >= 0.3 is 0 Å². The van der Waals surface area contributed by atoms with Crippen LogP contribution in [0, 0.1) is 0 Å². The Morgan fingerprint density at radius 2 is 2.17 bits per heavy atom. The number of rotatable bonds is 1. The number of ketones is 1. The molecule has 0 radical (unpaired) electrons.